The van der Waals surface area contributed by atoms with Gasteiger partial charge in [0.1, 0.15) is 6.10 Å². The Morgan fingerprint density at radius 1 is 1.29 bits per heavy atom. The molecule has 72 valence electrons. The Morgan fingerprint density at radius 3 is 2.64 bits per heavy atom. The second-order valence-electron chi connectivity index (χ2n) is 3.46. The molecule has 1 heterocycles. The summed E-state index contributed by atoms with van der Waals surface area (Å²) in [5.41, 5.74) is 1.77. The van der Waals surface area contributed by atoms with Crippen molar-refractivity contribution in [1.29, 1.82) is 0 Å². The van der Waals surface area contributed by atoms with E-state index in [9.17, 15) is 4.79 Å². The fourth-order valence-electron chi connectivity index (χ4n) is 1.49. The Balaban J connectivity index is 2.20. The quantitative estimate of drug-likeness (QED) is 0.677. The van der Waals surface area contributed by atoms with Gasteiger partial charge in [-0.05, 0) is 12.5 Å². The van der Waals surface area contributed by atoms with E-state index >= 15 is 0 Å². The third-order valence-electron chi connectivity index (χ3n) is 2.39. The molecule has 1 aromatic rings. The lowest BCUT2D eigenvalue weighted by Crippen LogP contribution is -2.14. The van der Waals surface area contributed by atoms with Crippen molar-refractivity contribution < 1.29 is 9.53 Å². The lowest BCUT2D eigenvalue weighted by molar-refractivity contribution is -0.119. The number of hydrogen-bond donors (Lipinski definition) is 0. The molecule has 1 aliphatic heterocycles. The van der Waals surface area contributed by atoms with Crippen molar-refractivity contribution in [3.63, 3.8) is 0 Å². The molecule has 1 aliphatic rings. The van der Waals surface area contributed by atoms with Crippen molar-refractivity contribution in [2.24, 2.45) is 0 Å². The van der Waals surface area contributed by atoms with Gasteiger partial charge in [-0.25, -0.2) is 0 Å². The summed E-state index contributed by atoms with van der Waals surface area (Å²) in [5.74, 6) is 0.171. The topological polar surface area (TPSA) is 26.3 Å². The van der Waals surface area contributed by atoms with Gasteiger partial charge in [0.05, 0.1) is 12.7 Å². The highest BCUT2D eigenvalue weighted by atomic mass is 16.5. The standard InChI is InChI=1S/C12H12O2/c1-9-8-14-12(7-11(9)13)10-5-3-2-4-6-10/h2-6,8,12H,7H2,1H3. The maximum atomic E-state index is 11.4. The predicted molar refractivity (Wildman–Crippen MR) is 53.6 cm³/mol. The third-order valence-corrected chi connectivity index (χ3v) is 2.39. The Labute approximate surface area is 83.2 Å². The van der Waals surface area contributed by atoms with Crippen LogP contribution in [0.4, 0.5) is 0 Å². The molecule has 1 aromatic carbocycles. The molecule has 0 fully saturated rings. The highest BCUT2D eigenvalue weighted by molar-refractivity contribution is 5.95. The Kier molecular flexibility index (Phi) is 2.35. The highest BCUT2D eigenvalue weighted by Crippen LogP contribution is 2.27. The Morgan fingerprint density at radius 2 is 2.00 bits per heavy atom. The summed E-state index contributed by atoms with van der Waals surface area (Å²) in [4.78, 5) is 11.4. The first-order valence-electron chi connectivity index (χ1n) is 4.68. The second-order valence-corrected chi connectivity index (χ2v) is 3.46. The third kappa shape index (κ3) is 1.69. The van der Waals surface area contributed by atoms with Crippen LogP contribution in [0.25, 0.3) is 0 Å². The molecule has 1 unspecified atom stereocenters. The largest absolute Gasteiger partial charge is 0.492 e. The van der Waals surface area contributed by atoms with E-state index in [1.165, 1.54) is 0 Å². The zero-order valence-corrected chi connectivity index (χ0v) is 8.07. The van der Waals surface area contributed by atoms with Gasteiger partial charge in [-0.2, -0.15) is 0 Å². The first-order valence-corrected chi connectivity index (χ1v) is 4.68. The van der Waals surface area contributed by atoms with Crippen LogP contribution in [0.5, 0.6) is 0 Å². The minimum absolute atomic E-state index is 0.104. The van der Waals surface area contributed by atoms with Crippen LogP contribution < -0.4 is 0 Å². The van der Waals surface area contributed by atoms with Crippen molar-refractivity contribution in [1.82, 2.24) is 0 Å². The van der Waals surface area contributed by atoms with Crippen LogP contribution in [0.15, 0.2) is 42.2 Å². The number of carbonyl (C=O) groups is 1. The number of carbonyl (C=O) groups excluding carboxylic acids is 1. The van der Waals surface area contributed by atoms with Crippen molar-refractivity contribution in [2.45, 2.75) is 19.4 Å². The number of ketones is 1. The molecule has 0 saturated heterocycles. The van der Waals surface area contributed by atoms with Gasteiger partial charge in [0.25, 0.3) is 0 Å². The highest BCUT2D eigenvalue weighted by Gasteiger charge is 2.21. The average molecular weight is 188 g/mol. The number of allylic oxidation sites excluding steroid dienone is 1. The van der Waals surface area contributed by atoms with Gasteiger partial charge in [0.2, 0.25) is 0 Å². The molecule has 2 rings (SSSR count). The molecule has 0 aromatic heterocycles. The van der Waals surface area contributed by atoms with Crippen molar-refractivity contribution in [2.75, 3.05) is 0 Å². The lowest BCUT2D eigenvalue weighted by Gasteiger charge is -2.21. The van der Waals surface area contributed by atoms with Gasteiger partial charge < -0.3 is 4.74 Å². The summed E-state index contributed by atoms with van der Waals surface area (Å²) < 4.78 is 5.46. The number of Topliss-reactive ketones (excluding diaryl/α,β-unsaturated/α-hetero) is 1. The van der Waals surface area contributed by atoms with E-state index in [0.29, 0.717) is 12.0 Å². The van der Waals surface area contributed by atoms with Gasteiger partial charge in [-0.3, -0.25) is 4.79 Å². The molecule has 0 bridgehead atoms. The van der Waals surface area contributed by atoms with Crippen LogP contribution in [-0.2, 0) is 9.53 Å². The van der Waals surface area contributed by atoms with Crippen LogP contribution in [0.3, 0.4) is 0 Å². The van der Waals surface area contributed by atoms with Crippen molar-refractivity contribution >= 4 is 5.78 Å². The molecule has 2 nitrogen and oxygen atoms in total. The normalized spacial score (nSPS) is 21.4. The molecule has 1 atom stereocenters. The summed E-state index contributed by atoms with van der Waals surface area (Å²) in [5, 5.41) is 0. The lowest BCUT2D eigenvalue weighted by atomic mass is 9.99. The Bertz CT molecular complexity index is 365. The average Bonchev–Trinajstić information content (AvgIpc) is 2.23. The van der Waals surface area contributed by atoms with Gasteiger partial charge in [-0.15, -0.1) is 0 Å². The van der Waals surface area contributed by atoms with Crippen LogP contribution in [0.1, 0.15) is 25.0 Å². The zero-order valence-electron chi connectivity index (χ0n) is 8.07. The van der Waals surface area contributed by atoms with E-state index in [2.05, 4.69) is 0 Å². The maximum absolute atomic E-state index is 11.4. The van der Waals surface area contributed by atoms with E-state index in [0.717, 1.165) is 5.56 Å². The molecule has 0 amide bonds. The fourth-order valence-corrected chi connectivity index (χ4v) is 1.49. The molecular weight excluding hydrogens is 176 g/mol. The summed E-state index contributed by atoms with van der Waals surface area (Å²) in [6.45, 7) is 1.78. The van der Waals surface area contributed by atoms with Gasteiger partial charge in [0, 0.05) is 5.57 Å². The van der Waals surface area contributed by atoms with E-state index in [4.69, 9.17) is 4.74 Å². The summed E-state index contributed by atoms with van der Waals surface area (Å²) in [7, 11) is 0. The summed E-state index contributed by atoms with van der Waals surface area (Å²) >= 11 is 0. The van der Waals surface area contributed by atoms with Crippen LogP contribution in [0.2, 0.25) is 0 Å². The van der Waals surface area contributed by atoms with E-state index in [1.807, 2.05) is 30.3 Å². The van der Waals surface area contributed by atoms with Crippen molar-refractivity contribution in [3.8, 4) is 0 Å². The molecule has 0 spiro atoms. The number of benzene rings is 1. The monoisotopic (exact) mass is 188 g/mol. The van der Waals surface area contributed by atoms with Gasteiger partial charge in [-0.1, -0.05) is 30.3 Å². The van der Waals surface area contributed by atoms with Gasteiger partial charge in [0.15, 0.2) is 5.78 Å². The van der Waals surface area contributed by atoms with E-state index < -0.39 is 0 Å². The molecule has 0 N–H and O–H groups in total. The van der Waals surface area contributed by atoms with Crippen LogP contribution >= 0.6 is 0 Å². The van der Waals surface area contributed by atoms with E-state index in [1.54, 1.807) is 13.2 Å². The first kappa shape index (κ1) is 9.00. The predicted octanol–water partition coefficient (Wildman–Crippen LogP) is 2.62. The number of ether oxygens (including phenoxy) is 1. The Hall–Kier alpha value is -1.57. The molecule has 14 heavy (non-hydrogen) atoms. The smallest absolute Gasteiger partial charge is 0.165 e. The van der Waals surface area contributed by atoms with E-state index in [-0.39, 0.29) is 11.9 Å². The molecular formula is C12H12O2. The molecule has 2 heteroatoms. The minimum atomic E-state index is -0.104. The zero-order chi connectivity index (χ0) is 9.97. The molecule has 0 aliphatic carbocycles. The number of rotatable bonds is 1. The fraction of sp³-hybridized carbons (Fsp3) is 0.250. The summed E-state index contributed by atoms with van der Waals surface area (Å²) in [6, 6.07) is 9.82. The summed E-state index contributed by atoms with van der Waals surface area (Å²) in [6.07, 6.45) is 1.91. The van der Waals surface area contributed by atoms with Gasteiger partial charge >= 0.3 is 0 Å². The minimum Gasteiger partial charge on any atom is -0.492 e. The van der Waals surface area contributed by atoms with Crippen LogP contribution in [0, 0.1) is 0 Å². The SMILES string of the molecule is CC1=COC(c2ccccc2)CC1=O. The second kappa shape index (κ2) is 3.66. The first-order chi connectivity index (χ1) is 6.77. The maximum Gasteiger partial charge on any atom is 0.165 e. The molecule has 0 saturated carbocycles. The molecule has 0 radical (unpaired) electrons. The number of hydrogen-bond acceptors (Lipinski definition) is 2. The van der Waals surface area contributed by atoms with Crippen LogP contribution in [-0.4, -0.2) is 5.78 Å². The van der Waals surface area contributed by atoms with Crippen molar-refractivity contribution in [3.05, 3.63) is 47.7 Å².